The van der Waals surface area contributed by atoms with Gasteiger partial charge in [-0.1, -0.05) is 36.8 Å². The SMILES string of the molecule is CNCC(c1nc(-c2ccccc2)n(C)c1Br)N1CCCCC1. The van der Waals surface area contributed by atoms with Crippen LogP contribution in [-0.4, -0.2) is 41.1 Å². The molecule has 1 saturated heterocycles. The second-order valence-electron chi connectivity index (χ2n) is 6.21. The Balaban J connectivity index is 1.96. The maximum atomic E-state index is 5.01. The van der Waals surface area contributed by atoms with Crippen LogP contribution in [0.4, 0.5) is 0 Å². The van der Waals surface area contributed by atoms with Crippen LogP contribution in [0, 0.1) is 0 Å². The van der Waals surface area contributed by atoms with Gasteiger partial charge < -0.3 is 9.88 Å². The van der Waals surface area contributed by atoms with Crippen molar-refractivity contribution in [1.82, 2.24) is 19.8 Å². The highest BCUT2D eigenvalue weighted by Gasteiger charge is 2.27. The lowest BCUT2D eigenvalue weighted by Gasteiger charge is -2.33. The van der Waals surface area contributed by atoms with Gasteiger partial charge in [-0.2, -0.15) is 0 Å². The Morgan fingerprint density at radius 1 is 1.17 bits per heavy atom. The number of aromatic nitrogens is 2. The molecule has 1 aliphatic rings. The van der Waals surface area contributed by atoms with E-state index in [2.05, 4.69) is 62.0 Å². The summed E-state index contributed by atoms with van der Waals surface area (Å²) < 4.78 is 3.24. The molecule has 1 aromatic heterocycles. The number of nitrogens with zero attached hydrogens (tertiary/aromatic N) is 3. The maximum Gasteiger partial charge on any atom is 0.140 e. The Bertz CT molecular complexity index is 632. The lowest BCUT2D eigenvalue weighted by atomic mass is 10.1. The van der Waals surface area contributed by atoms with Gasteiger partial charge in [0.1, 0.15) is 10.4 Å². The van der Waals surface area contributed by atoms with Crippen molar-refractivity contribution in [2.45, 2.75) is 25.3 Å². The number of benzene rings is 1. The van der Waals surface area contributed by atoms with Crippen molar-refractivity contribution in [3.05, 3.63) is 40.6 Å². The molecule has 23 heavy (non-hydrogen) atoms. The van der Waals surface area contributed by atoms with Gasteiger partial charge in [-0.25, -0.2) is 4.98 Å². The van der Waals surface area contributed by atoms with E-state index >= 15 is 0 Å². The predicted octanol–water partition coefficient (Wildman–Crippen LogP) is 3.60. The highest BCUT2D eigenvalue weighted by Crippen LogP contribution is 2.32. The predicted molar refractivity (Wildman–Crippen MR) is 98.4 cm³/mol. The summed E-state index contributed by atoms with van der Waals surface area (Å²) in [5, 5.41) is 3.35. The van der Waals surface area contributed by atoms with Gasteiger partial charge in [0, 0.05) is 19.2 Å². The molecule has 124 valence electrons. The molecule has 1 aliphatic heterocycles. The summed E-state index contributed by atoms with van der Waals surface area (Å²) in [4.78, 5) is 7.58. The highest BCUT2D eigenvalue weighted by atomic mass is 79.9. The minimum atomic E-state index is 0.318. The smallest absolute Gasteiger partial charge is 0.140 e. The van der Waals surface area contributed by atoms with Crippen LogP contribution in [0.25, 0.3) is 11.4 Å². The number of rotatable bonds is 5. The number of likely N-dealkylation sites (N-methyl/N-ethyl adjacent to an activating group) is 1. The molecule has 0 radical (unpaired) electrons. The number of halogens is 1. The molecule has 4 nitrogen and oxygen atoms in total. The minimum Gasteiger partial charge on any atom is -0.322 e. The summed E-state index contributed by atoms with van der Waals surface area (Å²) in [6, 6.07) is 10.7. The second kappa shape index (κ2) is 7.60. The molecule has 0 saturated carbocycles. The van der Waals surface area contributed by atoms with Gasteiger partial charge in [0.25, 0.3) is 0 Å². The van der Waals surface area contributed by atoms with Gasteiger partial charge in [-0.3, -0.25) is 4.90 Å². The summed E-state index contributed by atoms with van der Waals surface area (Å²) in [7, 11) is 4.10. The Hall–Kier alpha value is -1.17. The zero-order chi connectivity index (χ0) is 16.2. The molecule has 0 amide bonds. The first-order valence-corrected chi connectivity index (χ1v) is 9.18. The molecule has 1 unspecified atom stereocenters. The summed E-state index contributed by atoms with van der Waals surface area (Å²) in [6.45, 7) is 3.25. The zero-order valence-corrected chi connectivity index (χ0v) is 15.5. The topological polar surface area (TPSA) is 33.1 Å². The molecule has 0 bridgehead atoms. The molecular weight excluding hydrogens is 352 g/mol. The molecule has 2 heterocycles. The van der Waals surface area contributed by atoms with Crippen molar-refractivity contribution in [3.63, 3.8) is 0 Å². The van der Waals surface area contributed by atoms with Crippen molar-refractivity contribution in [1.29, 1.82) is 0 Å². The van der Waals surface area contributed by atoms with E-state index in [1.54, 1.807) is 0 Å². The minimum absolute atomic E-state index is 0.318. The van der Waals surface area contributed by atoms with Gasteiger partial charge in [0.15, 0.2) is 0 Å². The molecule has 1 aromatic carbocycles. The lowest BCUT2D eigenvalue weighted by Crippen LogP contribution is -2.38. The average molecular weight is 377 g/mol. The lowest BCUT2D eigenvalue weighted by molar-refractivity contribution is 0.159. The number of hydrogen-bond donors (Lipinski definition) is 1. The molecule has 5 heteroatoms. The maximum absolute atomic E-state index is 5.01. The standard InChI is InChI=1S/C18H25BrN4/c1-20-13-15(23-11-7-4-8-12-23)16-17(19)22(2)18(21-16)14-9-5-3-6-10-14/h3,5-6,9-10,15,20H,4,7-8,11-13H2,1-2H3. The third-order valence-electron chi connectivity index (χ3n) is 4.63. The average Bonchev–Trinajstić information content (AvgIpc) is 2.90. The van der Waals surface area contributed by atoms with Crippen LogP contribution < -0.4 is 5.32 Å². The van der Waals surface area contributed by atoms with Crippen LogP contribution in [-0.2, 0) is 7.05 Å². The molecule has 0 spiro atoms. The fraction of sp³-hybridized carbons (Fsp3) is 0.500. The number of hydrogen-bond acceptors (Lipinski definition) is 3. The number of imidazole rings is 1. The highest BCUT2D eigenvalue weighted by molar-refractivity contribution is 9.10. The van der Waals surface area contributed by atoms with Gasteiger partial charge in [0.05, 0.1) is 11.7 Å². The van der Waals surface area contributed by atoms with Crippen LogP contribution in [0.15, 0.2) is 34.9 Å². The monoisotopic (exact) mass is 376 g/mol. The van der Waals surface area contributed by atoms with Crippen molar-refractivity contribution in [3.8, 4) is 11.4 Å². The van der Waals surface area contributed by atoms with E-state index in [-0.39, 0.29) is 0 Å². The van der Waals surface area contributed by atoms with Gasteiger partial charge in [0.2, 0.25) is 0 Å². The Morgan fingerprint density at radius 2 is 1.87 bits per heavy atom. The van der Waals surface area contributed by atoms with E-state index in [0.717, 1.165) is 41.3 Å². The van der Waals surface area contributed by atoms with Gasteiger partial charge in [-0.15, -0.1) is 0 Å². The third kappa shape index (κ3) is 3.52. The van der Waals surface area contributed by atoms with E-state index in [4.69, 9.17) is 4.98 Å². The second-order valence-corrected chi connectivity index (χ2v) is 6.96. The van der Waals surface area contributed by atoms with E-state index < -0.39 is 0 Å². The van der Waals surface area contributed by atoms with Crippen LogP contribution in [0.3, 0.4) is 0 Å². The first kappa shape index (κ1) is 16.7. The van der Waals surface area contributed by atoms with E-state index in [1.165, 1.54) is 19.3 Å². The molecular formula is C18H25BrN4. The Kier molecular flexibility index (Phi) is 5.51. The molecule has 1 fully saturated rings. The summed E-state index contributed by atoms with van der Waals surface area (Å²) in [6.07, 6.45) is 3.92. The van der Waals surface area contributed by atoms with E-state index in [1.807, 2.05) is 13.1 Å². The number of piperidine rings is 1. The third-order valence-corrected chi connectivity index (χ3v) is 5.56. The molecule has 3 rings (SSSR count). The fourth-order valence-corrected chi connectivity index (χ4v) is 3.90. The Labute approximate surface area is 147 Å². The van der Waals surface area contributed by atoms with E-state index in [0.29, 0.717) is 6.04 Å². The van der Waals surface area contributed by atoms with Crippen molar-refractivity contribution in [2.75, 3.05) is 26.7 Å². The molecule has 1 N–H and O–H groups in total. The van der Waals surface area contributed by atoms with Crippen molar-refractivity contribution >= 4 is 15.9 Å². The largest absolute Gasteiger partial charge is 0.322 e. The quantitative estimate of drug-likeness (QED) is 0.865. The first-order valence-electron chi connectivity index (χ1n) is 8.38. The first-order chi connectivity index (χ1) is 11.2. The van der Waals surface area contributed by atoms with Crippen molar-refractivity contribution in [2.24, 2.45) is 7.05 Å². The van der Waals surface area contributed by atoms with Crippen LogP contribution in [0.5, 0.6) is 0 Å². The zero-order valence-electron chi connectivity index (χ0n) is 13.9. The number of nitrogens with one attached hydrogen (secondary N) is 1. The van der Waals surface area contributed by atoms with E-state index in [9.17, 15) is 0 Å². The van der Waals surface area contributed by atoms with Crippen LogP contribution in [0.2, 0.25) is 0 Å². The normalized spacial score (nSPS) is 17.3. The van der Waals surface area contributed by atoms with Gasteiger partial charge >= 0.3 is 0 Å². The molecule has 2 aromatic rings. The summed E-state index contributed by atoms with van der Waals surface area (Å²) in [5.41, 5.74) is 2.30. The summed E-state index contributed by atoms with van der Waals surface area (Å²) >= 11 is 3.78. The Morgan fingerprint density at radius 3 is 2.52 bits per heavy atom. The molecule has 1 atom stereocenters. The van der Waals surface area contributed by atoms with Crippen LogP contribution in [0.1, 0.15) is 31.0 Å². The summed E-state index contributed by atoms with van der Waals surface area (Å²) in [5.74, 6) is 1.02. The number of likely N-dealkylation sites (tertiary alicyclic amines) is 1. The van der Waals surface area contributed by atoms with Crippen molar-refractivity contribution < 1.29 is 0 Å². The van der Waals surface area contributed by atoms with Gasteiger partial charge in [-0.05, 0) is 48.9 Å². The molecule has 0 aliphatic carbocycles. The fourth-order valence-electron chi connectivity index (χ4n) is 3.38. The van der Waals surface area contributed by atoms with Crippen LogP contribution >= 0.6 is 15.9 Å².